The van der Waals surface area contributed by atoms with E-state index in [0.29, 0.717) is 23.1 Å². The summed E-state index contributed by atoms with van der Waals surface area (Å²) in [5, 5.41) is 0.494. The maximum absolute atomic E-state index is 13.7. The number of nitrogens with zero attached hydrogens (tertiary/aromatic N) is 3. The normalized spacial score (nSPS) is 13.0. The zero-order valence-corrected chi connectivity index (χ0v) is 21.8. The lowest BCUT2D eigenvalue weighted by atomic mass is 10.0. The average Bonchev–Trinajstić information content (AvgIpc) is 3.19. The lowest BCUT2D eigenvalue weighted by molar-refractivity contribution is -0.132. The topological polar surface area (TPSA) is 90.5 Å². The summed E-state index contributed by atoms with van der Waals surface area (Å²) >= 11 is 0. The van der Waals surface area contributed by atoms with Gasteiger partial charge in [0.05, 0.1) is 24.5 Å². The minimum Gasteiger partial charge on any atom is -0.461 e. The van der Waals surface area contributed by atoms with E-state index < -0.39 is 23.6 Å². The molecule has 1 amide bonds. The summed E-state index contributed by atoms with van der Waals surface area (Å²) in [6.07, 6.45) is 1.76. The first kappa shape index (κ1) is 27.4. The smallest absolute Gasteiger partial charge is 0.358 e. The van der Waals surface area contributed by atoms with E-state index in [1.165, 1.54) is 0 Å². The van der Waals surface area contributed by atoms with Crippen molar-refractivity contribution in [1.82, 2.24) is 14.5 Å². The van der Waals surface area contributed by atoms with Gasteiger partial charge in [0.25, 0.3) is 0 Å². The predicted octanol–water partition coefficient (Wildman–Crippen LogP) is 3.66. The average molecular weight is 517 g/mol. The number of halogens is 2. The molecule has 1 aliphatic rings. The van der Waals surface area contributed by atoms with E-state index in [4.69, 9.17) is 10.5 Å². The van der Waals surface area contributed by atoms with E-state index >= 15 is 0 Å². The lowest BCUT2D eigenvalue weighted by Gasteiger charge is -2.23. The molecule has 192 valence electrons. The quantitative estimate of drug-likeness (QED) is 0.399. The number of hydrogen-bond donors (Lipinski definition) is 1. The molecule has 0 fully saturated rings. The van der Waals surface area contributed by atoms with Gasteiger partial charge in [-0.25, -0.2) is 18.6 Å². The third kappa shape index (κ3) is 5.97. The number of nitrogens with two attached hydrogens (primary N) is 1. The minimum atomic E-state index is -0.955. The van der Waals surface area contributed by atoms with Crippen LogP contribution in [-0.4, -0.2) is 39.0 Å². The standard InChI is InChI=1S/C24H25F2N4O3P.C2H6/c1-2-33-24(32)23-20-12-29(11-14-5-3-4-6-19(14)30(20)13-28-23)22(31)9-16(27)7-15-8-17(25)18(26)10-21(15)34;1-2/h3-6,8,10,13,16H,2,7,9,11-12,27,34H2,1H3;1-2H3. The highest BCUT2D eigenvalue weighted by atomic mass is 31.0. The number of amides is 1. The van der Waals surface area contributed by atoms with Gasteiger partial charge in [0.2, 0.25) is 5.91 Å². The molecule has 2 atom stereocenters. The Kier molecular flexibility index (Phi) is 9.29. The van der Waals surface area contributed by atoms with Gasteiger partial charge in [-0.05, 0) is 48.0 Å². The van der Waals surface area contributed by atoms with Crippen LogP contribution in [0.1, 0.15) is 54.5 Å². The number of rotatable bonds is 6. The van der Waals surface area contributed by atoms with Gasteiger partial charge in [-0.3, -0.25) is 4.79 Å². The van der Waals surface area contributed by atoms with Crippen molar-refractivity contribution >= 4 is 26.4 Å². The number of benzene rings is 2. The van der Waals surface area contributed by atoms with Gasteiger partial charge in [0.15, 0.2) is 17.3 Å². The Morgan fingerprint density at radius 3 is 2.58 bits per heavy atom. The summed E-state index contributed by atoms with van der Waals surface area (Å²) in [5.74, 6) is -2.66. The van der Waals surface area contributed by atoms with Crippen LogP contribution in [0, 0.1) is 11.6 Å². The number of imidazole rings is 1. The molecule has 0 saturated carbocycles. The first-order valence-electron chi connectivity index (χ1n) is 11.9. The predicted molar refractivity (Wildman–Crippen MR) is 137 cm³/mol. The molecule has 0 aliphatic carbocycles. The largest absolute Gasteiger partial charge is 0.461 e. The molecule has 1 aliphatic heterocycles. The van der Waals surface area contributed by atoms with Crippen molar-refractivity contribution in [2.24, 2.45) is 5.73 Å². The van der Waals surface area contributed by atoms with E-state index in [0.717, 1.165) is 23.4 Å². The molecule has 2 heterocycles. The molecule has 0 radical (unpaired) electrons. The number of aromatic nitrogens is 2. The van der Waals surface area contributed by atoms with Gasteiger partial charge < -0.3 is 19.9 Å². The third-order valence-corrected chi connectivity index (χ3v) is 6.28. The van der Waals surface area contributed by atoms with Crippen LogP contribution < -0.4 is 11.0 Å². The van der Waals surface area contributed by atoms with Crippen LogP contribution in [-0.2, 0) is 29.0 Å². The summed E-state index contributed by atoms with van der Waals surface area (Å²) in [6, 6.07) is 9.16. The van der Waals surface area contributed by atoms with E-state index in [-0.39, 0.29) is 37.6 Å². The molecule has 0 bridgehead atoms. The Bertz CT molecular complexity index is 1250. The second kappa shape index (κ2) is 12.2. The zero-order valence-electron chi connectivity index (χ0n) is 20.6. The molecular formula is C26H31F2N4O3P. The van der Waals surface area contributed by atoms with E-state index in [2.05, 4.69) is 14.2 Å². The molecule has 7 nitrogen and oxygen atoms in total. The maximum Gasteiger partial charge on any atom is 0.358 e. The number of para-hydroxylation sites is 1. The molecule has 36 heavy (non-hydrogen) atoms. The summed E-state index contributed by atoms with van der Waals surface area (Å²) in [4.78, 5) is 31.6. The Morgan fingerprint density at radius 1 is 1.17 bits per heavy atom. The molecule has 2 aromatic carbocycles. The van der Waals surface area contributed by atoms with E-state index in [1.807, 2.05) is 38.1 Å². The summed E-state index contributed by atoms with van der Waals surface area (Å²) in [6.45, 7) is 6.40. The Hall–Kier alpha value is -3.16. The lowest BCUT2D eigenvalue weighted by Crippen LogP contribution is -2.36. The van der Waals surface area contributed by atoms with Crippen LogP contribution in [0.3, 0.4) is 0 Å². The summed E-state index contributed by atoms with van der Waals surface area (Å²) in [5.41, 5.74) is 9.19. The summed E-state index contributed by atoms with van der Waals surface area (Å²) in [7, 11) is 2.36. The van der Waals surface area contributed by atoms with Crippen molar-refractivity contribution in [2.75, 3.05) is 6.61 Å². The zero-order chi connectivity index (χ0) is 26.4. The van der Waals surface area contributed by atoms with Gasteiger partial charge in [0, 0.05) is 19.0 Å². The molecule has 1 aromatic heterocycles. The van der Waals surface area contributed by atoms with Gasteiger partial charge in [-0.2, -0.15) is 0 Å². The van der Waals surface area contributed by atoms with Crippen molar-refractivity contribution in [3.63, 3.8) is 0 Å². The highest BCUT2D eigenvalue weighted by Crippen LogP contribution is 2.27. The fraction of sp³-hybridized carbons (Fsp3) is 0.346. The van der Waals surface area contributed by atoms with Crippen LogP contribution in [0.5, 0.6) is 0 Å². The molecule has 2 N–H and O–H groups in total. The number of carbonyl (C=O) groups is 2. The van der Waals surface area contributed by atoms with Gasteiger partial charge in [0.1, 0.15) is 6.33 Å². The Labute approximate surface area is 211 Å². The highest BCUT2D eigenvalue weighted by Gasteiger charge is 2.29. The van der Waals surface area contributed by atoms with E-state index in [9.17, 15) is 18.4 Å². The second-order valence-corrected chi connectivity index (χ2v) is 8.76. The highest BCUT2D eigenvalue weighted by molar-refractivity contribution is 7.27. The van der Waals surface area contributed by atoms with E-state index in [1.54, 1.807) is 22.7 Å². The van der Waals surface area contributed by atoms with Crippen molar-refractivity contribution in [3.05, 3.63) is 76.9 Å². The fourth-order valence-electron chi connectivity index (χ4n) is 4.09. The molecule has 3 aromatic rings. The molecule has 2 unspecified atom stereocenters. The first-order chi connectivity index (χ1) is 17.3. The number of fused-ring (bicyclic) bond motifs is 3. The molecule has 0 saturated heterocycles. The number of hydrogen-bond acceptors (Lipinski definition) is 5. The number of ether oxygens (including phenoxy) is 1. The molecule has 0 spiro atoms. The van der Waals surface area contributed by atoms with Crippen LogP contribution in [0.15, 0.2) is 42.7 Å². The Morgan fingerprint density at radius 2 is 1.86 bits per heavy atom. The maximum atomic E-state index is 13.7. The number of carbonyl (C=O) groups excluding carboxylic acids is 2. The van der Waals surface area contributed by atoms with Gasteiger partial charge >= 0.3 is 5.97 Å². The first-order valence-corrected chi connectivity index (χ1v) is 12.4. The summed E-state index contributed by atoms with van der Waals surface area (Å²) < 4.78 is 34.0. The molecule has 10 heteroatoms. The van der Waals surface area contributed by atoms with Crippen LogP contribution in [0.4, 0.5) is 8.78 Å². The van der Waals surface area contributed by atoms with Crippen LogP contribution in [0.25, 0.3) is 5.69 Å². The van der Waals surface area contributed by atoms with Crippen molar-refractivity contribution < 1.29 is 23.1 Å². The monoisotopic (exact) mass is 516 g/mol. The SMILES string of the molecule is CC.CCOC(=O)c1ncn2c1CN(C(=O)CC(N)Cc1cc(F)c(F)cc1P)Cc1ccccc1-2. The van der Waals surface area contributed by atoms with Gasteiger partial charge in [-0.1, -0.05) is 32.0 Å². The van der Waals surface area contributed by atoms with Crippen molar-refractivity contribution in [1.29, 1.82) is 0 Å². The van der Waals surface area contributed by atoms with Crippen molar-refractivity contribution in [3.8, 4) is 5.69 Å². The van der Waals surface area contributed by atoms with Gasteiger partial charge in [-0.15, -0.1) is 9.24 Å². The fourth-order valence-corrected chi connectivity index (χ4v) is 4.44. The second-order valence-electron chi connectivity index (χ2n) is 8.14. The van der Waals surface area contributed by atoms with Crippen LogP contribution >= 0.6 is 9.24 Å². The Balaban J connectivity index is 0.00000176. The molecular weight excluding hydrogens is 485 g/mol. The molecule has 4 rings (SSSR count). The number of esters is 1. The van der Waals surface area contributed by atoms with Crippen LogP contribution in [0.2, 0.25) is 0 Å². The third-order valence-electron chi connectivity index (χ3n) is 5.74. The minimum absolute atomic E-state index is 0.00581. The van der Waals surface area contributed by atoms with Crippen molar-refractivity contribution in [2.45, 2.75) is 52.7 Å².